The second-order valence-corrected chi connectivity index (χ2v) is 23.7. The smallest absolute Gasteiger partial charge is 0.0465 e. The Morgan fingerprint density at radius 2 is 0.711 bits per heavy atom. The molecule has 0 radical (unpaired) electrons. The van der Waals surface area contributed by atoms with Gasteiger partial charge in [0.15, 0.2) is 0 Å². The van der Waals surface area contributed by atoms with Crippen molar-refractivity contribution >= 4 is 34.1 Å². The Morgan fingerprint density at radius 3 is 1.17 bits per heavy atom. The minimum absolute atomic E-state index is 0.103. The molecule has 1 spiro atoms. The van der Waals surface area contributed by atoms with Gasteiger partial charge in [0, 0.05) is 39.5 Å². The van der Waals surface area contributed by atoms with Gasteiger partial charge in [0.1, 0.15) is 0 Å². The minimum Gasteiger partial charge on any atom is -0.311 e. The van der Waals surface area contributed by atoms with E-state index in [4.69, 9.17) is 0 Å². The van der Waals surface area contributed by atoms with Crippen molar-refractivity contribution in [2.45, 2.75) is 63.7 Å². The summed E-state index contributed by atoms with van der Waals surface area (Å²) in [7, 11) is 0. The van der Waals surface area contributed by atoms with Crippen LogP contribution in [0, 0.1) is 30.1 Å². The van der Waals surface area contributed by atoms with Crippen molar-refractivity contribution in [3.05, 3.63) is 265 Å². The third kappa shape index (κ3) is 7.06. The Morgan fingerprint density at radius 1 is 0.342 bits per heavy atom. The van der Waals surface area contributed by atoms with Crippen LogP contribution in [0.15, 0.2) is 243 Å². The van der Waals surface area contributed by atoms with E-state index < -0.39 is 0 Å². The summed E-state index contributed by atoms with van der Waals surface area (Å²) < 4.78 is 0. The highest BCUT2D eigenvalue weighted by atomic mass is 15.1. The van der Waals surface area contributed by atoms with Crippen molar-refractivity contribution in [2.24, 2.45) is 23.2 Å². The van der Waals surface area contributed by atoms with Crippen LogP contribution < -0.4 is 9.80 Å². The van der Waals surface area contributed by atoms with Gasteiger partial charge in [0.05, 0.1) is 0 Å². The third-order valence-electron chi connectivity index (χ3n) is 19.4. The van der Waals surface area contributed by atoms with Crippen molar-refractivity contribution in [3.8, 4) is 55.6 Å². The van der Waals surface area contributed by atoms with E-state index in [0.717, 1.165) is 57.3 Å². The Hall–Kier alpha value is -8.20. The van der Waals surface area contributed by atoms with Crippen molar-refractivity contribution in [2.75, 3.05) is 9.80 Å². The highest BCUT2D eigenvalue weighted by Gasteiger charge is 2.77. The number of nitrogens with zero attached hydrogens (tertiary/aromatic N) is 2. The van der Waals surface area contributed by atoms with E-state index in [1.807, 2.05) is 0 Å². The number of rotatable bonds is 11. The second kappa shape index (κ2) is 17.2. The van der Waals surface area contributed by atoms with Gasteiger partial charge in [-0.1, -0.05) is 189 Å². The predicted octanol–water partition coefficient (Wildman–Crippen LogP) is 20.0. The zero-order valence-corrected chi connectivity index (χ0v) is 43.8. The van der Waals surface area contributed by atoms with Crippen molar-refractivity contribution in [1.29, 1.82) is 0 Å². The van der Waals surface area contributed by atoms with Crippen LogP contribution in [0.4, 0.5) is 34.1 Å². The summed E-state index contributed by atoms with van der Waals surface area (Å²) >= 11 is 0. The number of anilines is 6. The molecule has 2 heteroatoms. The molecule has 0 heterocycles. The molecule has 0 amide bonds. The van der Waals surface area contributed by atoms with E-state index in [0.29, 0.717) is 5.41 Å². The molecule has 10 aromatic carbocycles. The molecule has 0 saturated heterocycles. The molecule has 0 aliphatic heterocycles. The number of fused-ring (bicyclic) bond motifs is 4. The highest BCUT2D eigenvalue weighted by Crippen LogP contribution is 2.84. The van der Waals surface area contributed by atoms with Crippen LogP contribution in [-0.2, 0) is 10.8 Å². The quantitative estimate of drug-likeness (QED) is 0.127. The van der Waals surface area contributed by atoms with Crippen LogP contribution in [-0.4, -0.2) is 0 Å². The molecule has 0 N–H and O–H groups in total. The molecule has 5 aliphatic carbocycles. The largest absolute Gasteiger partial charge is 0.311 e. The van der Waals surface area contributed by atoms with Crippen LogP contribution in [0.25, 0.3) is 55.6 Å². The van der Waals surface area contributed by atoms with E-state index >= 15 is 0 Å². The molecule has 2 bridgehead atoms. The Kier molecular flexibility index (Phi) is 10.2. The van der Waals surface area contributed by atoms with Gasteiger partial charge in [0.2, 0.25) is 0 Å². The molecule has 76 heavy (non-hydrogen) atoms. The van der Waals surface area contributed by atoms with E-state index in [1.54, 1.807) is 5.56 Å². The van der Waals surface area contributed by atoms with Gasteiger partial charge in [-0.25, -0.2) is 0 Å². The molecule has 4 saturated carbocycles. The zero-order chi connectivity index (χ0) is 50.8. The fourth-order valence-electron chi connectivity index (χ4n) is 15.5. The highest BCUT2D eigenvalue weighted by molar-refractivity contribution is 5.87. The van der Waals surface area contributed by atoms with Crippen LogP contribution in [0.1, 0.15) is 68.2 Å². The van der Waals surface area contributed by atoms with Gasteiger partial charge in [0.25, 0.3) is 0 Å². The van der Waals surface area contributed by atoms with Crippen molar-refractivity contribution in [1.82, 2.24) is 0 Å². The van der Waals surface area contributed by atoms with Gasteiger partial charge in [-0.3, -0.25) is 0 Å². The normalized spacial score (nSPS) is 21.7. The van der Waals surface area contributed by atoms with Crippen LogP contribution in [0.2, 0.25) is 0 Å². The molecule has 2 nitrogen and oxygen atoms in total. The molecule has 5 aliphatic rings. The zero-order valence-electron chi connectivity index (χ0n) is 43.8. The molecule has 2 atom stereocenters. The maximum absolute atomic E-state index is 2.48. The van der Waals surface area contributed by atoms with E-state index in [1.165, 1.54) is 104 Å². The van der Waals surface area contributed by atoms with E-state index in [9.17, 15) is 0 Å². The summed E-state index contributed by atoms with van der Waals surface area (Å²) in [5, 5.41) is 0. The number of hydrogen-bond acceptors (Lipinski definition) is 2. The first-order valence-electron chi connectivity index (χ1n) is 27.8. The van der Waals surface area contributed by atoms with Gasteiger partial charge in [-0.05, 0) is 213 Å². The molecule has 2 unspecified atom stereocenters. The third-order valence-corrected chi connectivity index (χ3v) is 19.4. The fourth-order valence-corrected chi connectivity index (χ4v) is 15.5. The van der Waals surface area contributed by atoms with E-state index in [-0.39, 0.29) is 5.41 Å². The average Bonchev–Trinajstić information content (AvgIpc) is 3.84. The van der Waals surface area contributed by atoms with Gasteiger partial charge < -0.3 is 9.80 Å². The topological polar surface area (TPSA) is 6.48 Å². The minimum atomic E-state index is -0.103. The van der Waals surface area contributed by atoms with Crippen molar-refractivity contribution in [3.63, 3.8) is 0 Å². The Bertz CT molecular complexity index is 3780. The monoisotopic (exact) mass is 978 g/mol. The van der Waals surface area contributed by atoms with E-state index in [2.05, 4.69) is 273 Å². The first-order valence-corrected chi connectivity index (χ1v) is 27.8. The lowest BCUT2D eigenvalue weighted by atomic mass is 9.38. The van der Waals surface area contributed by atoms with Gasteiger partial charge >= 0.3 is 0 Å². The standard InChI is InChI=1S/C74H62N2/c1-49-13-31-62(32-14-49)75(63-33-23-55(24-34-63)52-17-15-51(16-18-52)53-19-29-58(30-20-53)73-46-60-43-59-44-61(47-73)74(59,60)48-73)64-35-25-56(26-36-64)57-27-39-66(40-28-57)76(65-37-21-54(22-38-65)50-9-5-4-6-10-50)67-41-42-69-68-11-7-8-12-70(68)72(2,3)71(69)45-67/h4-42,45,59-61H,43-44,46-48H2,1-3H3. The predicted molar refractivity (Wildman–Crippen MR) is 318 cm³/mol. The molecule has 10 aromatic rings. The summed E-state index contributed by atoms with van der Waals surface area (Å²) in [6.07, 6.45) is 7.39. The summed E-state index contributed by atoms with van der Waals surface area (Å²) in [5.74, 6) is 3.10. The molecule has 15 rings (SSSR count). The lowest BCUT2D eigenvalue weighted by Gasteiger charge is -2.66. The Balaban J connectivity index is 0.690. The molecule has 368 valence electrons. The molecule has 0 aromatic heterocycles. The first-order chi connectivity index (χ1) is 37.2. The Labute approximate surface area is 449 Å². The van der Waals surface area contributed by atoms with Crippen LogP contribution in [0.3, 0.4) is 0 Å². The maximum atomic E-state index is 2.48. The number of benzene rings is 10. The van der Waals surface area contributed by atoms with Crippen LogP contribution >= 0.6 is 0 Å². The van der Waals surface area contributed by atoms with Gasteiger partial charge in [-0.2, -0.15) is 0 Å². The lowest BCUT2D eigenvalue weighted by Crippen LogP contribution is -2.59. The lowest BCUT2D eigenvalue weighted by molar-refractivity contribution is -0.175. The summed E-state index contributed by atoms with van der Waals surface area (Å²) in [5.41, 5.74) is 25.9. The second-order valence-electron chi connectivity index (χ2n) is 23.7. The summed E-state index contributed by atoms with van der Waals surface area (Å²) in [6, 6.07) is 90.5. The number of aryl methyl sites for hydroxylation is 1. The molecular weight excluding hydrogens is 917 g/mol. The molecular formula is C74H62N2. The first kappa shape index (κ1) is 45.2. The summed E-state index contributed by atoms with van der Waals surface area (Å²) in [4.78, 5) is 4.77. The van der Waals surface area contributed by atoms with Crippen molar-refractivity contribution < 1.29 is 0 Å². The fraction of sp³-hybridized carbons (Fsp3) is 0.189. The molecule has 4 fully saturated rings. The van der Waals surface area contributed by atoms with Gasteiger partial charge in [-0.15, -0.1) is 0 Å². The number of hydrogen-bond donors (Lipinski definition) is 0. The summed E-state index contributed by atoms with van der Waals surface area (Å²) in [6.45, 7) is 6.87. The van der Waals surface area contributed by atoms with Crippen LogP contribution in [0.5, 0.6) is 0 Å². The average molecular weight is 979 g/mol. The maximum Gasteiger partial charge on any atom is 0.0465 e. The SMILES string of the molecule is Cc1ccc(N(c2ccc(-c3ccc(-c4ccc(C56CC7CC8CC(C5)C87C6)cc4)cc3)cc2)c2ccc(-c3ccc(N(c4ccc(-c5ccccc5)cc4)c4ccc5c(c4)C(C)(C)c4ccccc4-5)cc3)cc2)cc1.